The van der Waals surface area contributed by atoms with Gasteiger partial charge in [0, 0.05) is 6.42 Å². The quantitative estimate of drug-likeness (QED) is 0.201. The Morgan fingerprint density at radius 2 is 1.74 bits per heavy atom. The van der Waals surface area contributed by atoms with E-state index in [1.165, 1.54) is 12.5 Å². The maximum absolute atomic E-state index is 10.8. The second-order valence-corrected chi connectivity index (χ2v) is 7.55. The number of carboxylic acid groups (broad SMARTS) is 1. The van der Waals surface area contributed by atoms with Crippen molar-refractivity contribution in [3.63, 3.8) is 0 Å². The molecule has 0 saturated heterocycles. The molecule has 0 fully saturated rings. The lowest BCUT2D eigenvalue weighted by Gasteiger charge is -2.10. The molecule has 2 aromatic rings. The Bertz CT molecular complexity index is 956. The molecule has 1 atom stereocenters. The number of aryl methyl sites for hydroxylation is 2. The van der Waals surface area contributed by atoms with E-state index < -0.39 is 12.1 Å². The Kier molecular flexibility index (Phi) is 20.0. The molecular weight excluding hydrogens is 460 g/mol. The van der Waals surface area contributed by atoms with Gasteiger partial charge in [0.2, 0.25) is 5.89 Å². The zero-order valence-corrected chi connectivity index (χ0v) is 23.6. The molecule has 0 aliphatic heterocycles. The Balaban J connectivity index is 0. The standard InChI is InChI=1S/C19H24N2O4S.C5H8.2C2H6/c1-4-13(2)12-21-19(26)25-17(20-21)7-5-6-15-8-10-16(11-9-15)24-14(3)18(22)23;1-4-5(2)3;2*1-2/h4,8-11,14H,5-7,12H2,1-3H3,(H,22,23);4H,1-2H2,3H3;2*1-2H3/b13-4+;;;. The zero-order chi connectivity index (χ0) is 27.4. The molecule has 1 unspecified atom stereocenters. The fourth-order valence-electron chi connectivity index (χ4n) is 2.31. The summed E-state index contributed by atoms with van der Waals surface area (Å²) >= 11 is 5.20. The Hall–Kier alpha value is -2.93. The van der Waals surface area contributed by atoms with Gasteiger partial charge in [-0.2, -0.15) is 0 Å². The van der Waals surface area contributed by atoms with Crippen molar-refractivity contribution in [2.75, 3.05) is 0 Å². The summed E-state index contributed by atoms with van der Waals surface area (Å²) in [6.45, 7) is 23.1. The molecule has 7 heteroatoms. The molecular formula is C28H44N2O4S. The van der Waals surface area contributed by atoms with E-state index in [0.717, 1.165) is 24.0 Å². The Morgan fingerprint density at radius 1 is 1.20 bits per heavy atom. The van der Waals surface area contributed by atoms with Gasteiger partial charge in [-0.05, 0) is 70.5 Å². The highest BCUT2D eigenvalue weighted by Gasteiger charge is 2.12. The average Bonchev–Trinajstić information content (AvgIpc) is 3.21. The van der Waals surface area contributed by atoms with Crippen molar-refractivity contribution in [3.8, 4) is 5.75 Å². The second-order valence-electron chi connectivity index (χ2n) is 7.20. The Labute approximate surface area is 217 Å². The van der Waals surface area contributed by atoms with Crippen molar-refractivity contribution in [3.05, 3.63) is 77.0 Å². The van der Waals surface area contributed by atoms with Gasteiger partial charge in [0.25, 0.3) is 4.84 Å². The van der Waals surface area contributed by atoms with E-state index >= 15 is 0 Å². The van der Waals surface area contributed by atoms with Crippen LogP contribution in [-0.2, 0) is 24.2 Å². The van der Waals surface area contributed by atoms with Crippen LogP contribution in [0.2, 0.25) is 0 Å². The molecule has 0 amide bonds. The molecule has 1 N–H and O–H groups in total. The monoisotopic (exact) mass is 504 g/mol. The second kappa shape index (κ2) is 20.4. The minimum atomic E-state index is -0.983. The third-order valence-electron chi connectivity index (χ3n) is 4.33. The van der Waals surface area contributed by atoms with Gasteiger partial charge in [-0.3, -0.25) is 0 Å². The van der Waals surface area contributed by atoms with E-state index in [2.05, 4.69) is 18.3 Å². The summed E-state index contributed by atoms with van der Waals surface area (Å²) < 4.78 is 12.6. The highest BCUT2D eigenvalue weighted by Crippen LogP contribution is 2.16. The van der Waals surface area contributed by atoms with Gasteiger partial charge in [0.05, 0.1) is 6.54 Å². The fraction of sp³-hybridized carbons (Fsp3) is 0.464. The van der Waals surface area contributed by atoms with Crippen molar-refractivity contribution in [1.29, 1.82) is 0 Å². The first-order chi connectivity index (χ1) is 16.7. The maximum atomic E-state index is 10.8. The number of carbonyl (C=O) groups is 1. The Morgan fingerprint density at radius 3 is 2.20 bits per heavy atom. The number of allylic oxidation sites excluding steroid dienone is 4. The average molecular weight is 505 g/mol. The van der Waals surface area contributed by atoms with Crippen LogP contribution in [-0.4, -0.2) is 27.0 Å². The molecule has 0 aliphatic carbocycles. The van der Waals surface area contributed by atoms with Crippen molar-refractivity contribution in [1.82, 2.24) is 9.78 Å². The maximum Gasteiger partial charge on any atom is 0.344 e. The number of aromatic nitrogens is 2. The number of benzene rings is 1. The number of nitrogens with zero attached hydrogens (tertiary/aromatic N) is 2. The molecule has 1 heterocycles. The van der Waals surface area contributed by atoms with Gasteiger partial charge in [-0.25, -0.2) is 9.48 Å². The lowest BCUT2D eigenvalue weighted by Crippen LogP contribution is -2.22. The van der Waals surface area contributed by atoms with Crippen molar-refractivity contribution in [2.45, 2.75) is 87.3 Å². The fourth-order valence-corrected chi connectivity index (χ4v) is 2.51. The largest absolute Gasteiger partial charge is 0.479 e. The number of rotatable bonds is 10. The molecule has 35 heavy (non-hydrogen) atoms. The summed E-state index contributed by atoms with van der Waals surface area (Å²) in [5.41, 5.74) is 3.34. The molecule has 0 radical (unpaired) electrons. The van der Waals surface area contributed by atoms with E-state index in [0.29, 0.717) is 29.4 Å². The normalized spacial score (nSPS) is 10.8. The van der Waals surface area contributed by atoms with Gasteiger partial charge in [0.1, 0.15) is 5.75 Å². The minimum Gasteiger partial charge on any atom is -0.479 e. The highest BCUT2D eigenvalue weighted by atomic mass is 32.1. The van der Waals surface area contributed by atoms with Crippen molar-refractivity contribution < 1.29 is 19.1 Å². The first-order valence-electron chi connectivity index (χ1n) is 12.1. The van der Waals surface area contributed by atoms with Crippen molar-refractivity contribution >= 4 is 18.2 Å². The van der Waals surface area contributed by atoms with Crippen LogP contribution in [0.25, 0.3) is 0 Å². The molecule has 1 aromatic heterocycles. The molecule has 2 rings (SSSR count). The summed E-state index contributed by atoms with van der Waals surface area (Å²) in [4.78, 5) is 11.2. The SMILES string of the molecule is C/C=C(\C)Cn1nc(CCCc2ccc(OC(C)C(=O)O)cc2)oc1=S.C=CC(=C)C.CC.CC. The molecule has 1 aromatic carbocycles. The molecule has 0 aliphatic rings. The third kappa shape index (κ3) is 15.6. The summed E-state index contributed by atoms with van der Waals surface area (Å²) in [5.74, 6) is 0.213. The predicted octanol–water partition coefficient (Wildman–Crippen LogP) is 8.00. The third-order valence-corrected chi connectivity index (χ3v) is 4.62. The van der Waals surface area contributed by atoms with Gasteiger partial charge in [-0.15, -0.1) is 5.10 Å². The number of carboxylic acids is 1. The molecule has 0 saturated carbocycles. The zero-order valence-electron chi connectivity index (χ0n) is 22.8. The van der Waals surface area contributed by atoms with E-state index in [1.54, 1.807) is 22.9 Å². The summed E-state index contributed by atoms with van der Waals surface area (Å²) in [6, 6.07) is 7.45. The first kappa shape index (κ1) is 34.2. The first-order valence-corrected chi connectivity index (χ1v) is 12.5. The summed E-state index contributed by atoms with van der Waals surface area (Å²) in [7, 11) is 0. The molecule has 196 valence electrons. The number of aliphatic carboxylic acids is 1. The number of hydrogen-bond acceptors (Lipinski definition) is 5. The van der Waals surface area contributed by atoms with Crippen LogP contribution in [0.5, 0.6) is 5.75 Å². The van der Waals surface area contributed by atoms with Crippen LogP contribution in [0.4, 0.5) is 0 Å². The lowest BCUT2D eigenvalue weighted by atomic mass is 10.1. The highest BCUT2D eigenvalue weighted by molar-refractivity contribution is 7.71. The molecule has 0 bridgehead atoms. The van der Waals surface area contributed by atoms with Crippen LogP contribution >= 0.6 is 12.2 Å². The van der Waals surface area contributed by atoms with Gasteiger partial charge < -0.3 is 14.3 Å². The number of ether oxygens (including phenoxy) is 1. The van der Waals surface area contributed by atoms with E-state index in [9.17, 15) is 4.79 Å². The topological polar surface area (TPSA) is 77.5 Å². The lowest BCUT2D eigenvalue weighted by molar-refractivity contribution is -0.144. The number of hydrogen-bond donors (Lipinski definition) is 1. The van der Waals surface area contributed by atoms with Gasteiger partial charge in [0.15, 0.2) is 6.10 Å². The van der Waals surface area contributed by atoms with E-state index in [1.807, 2.05) is 66.7 Å². The van der Waals surface area contributed by atoms with E-state index in [4.69, 9.17) is 26.5 Å². The summed E-state index contributed by atoms with van der Waals surface area (Å²) in [5, 5.41) is 13.3. The predicted molar refractivity (Wildman–Crippen MR) is 149 cm³/mol. The van der Waals surface area contributed by atoms with Crippen LogP contribution in [0.3, 0.4) is 0 Å². The molecule has 0 spiro atoms. The van der Waals surface area contributed by atoms with E-state index in [-0.39, 0.29) is 0 Å². The smallest absolute Gasteiger partial charge is 0.344 e. The van der Waals surface area contributed by atoms with Crippen LogP contribution in [0, 0.1) is 4.84 Å². The van der Waals surface area contributed by atoms with Gasteiger partial charge in [-0.1, -0.05) is 76.3 Å². The summed E-state index contributed by atoms with van der Waals surface area (Å²) in [6.07, 6.45) is 5.33. The van der Waals surface area contributed by atoms with Gasteiger partial charge >= 0.3 is 5.97 Å². The molecule has 6 nitrogen and oxygen atoms in total. The minimum absolute atomic E-state index is 0.398. The van der Waals surface area contributed by atoms with Crippen LogP contribution in [0.1, 0.15) is 73.3 Å². The van der Waals surface area contributed by atoms with Crippen LogP contribution < -0.4 is 4.74 Å². The van der Waals surface area contributed by atoms with Crippen molar-refractivity contribution in [2.24, 2.45) is 0 Å². The van der Waals surface area contributed by atoms with Crippen LogP contribution in [0.15, 0.2) is 65.1 Å².